The monoisotopic (exact) mass is 247 g/mol. The Balaban J connectivity index is 2.48. The third-order valence-electron chi connectivity index (χ3n) is 3.69. The number of hydrogen-bond acceptors (Lipinski definition) is 1. The molecule has 0 saturated heterocycles. The third-order valence-corrected chi connectivity index (χ3v) is 3.69. The number of unbranched alkanes of at least 4 members (excludes halogenated alkanes) is 2. The van der Waals surface area contributed by atoms with Gasteiger partial charge in [0.1, 0.15) is 0 Å². The van der Waals surface area contributed by atoms with Crippen LogP contribution in [-0.2, 0) is 6.42 Å². The average molecular weight is 247 g/mol. The fraction of sp³-hybridized carbons (Fsp3) is 0.647. The summed E-state index contributed by atoms with van der Waals surface area (Å²) in [5.41, 5.74) is 2.89. The van der Waals surface area contributed by atoms with Gasteiger partial charge in [0.05, 0.1) is 0 Å². The molecule has 1 heteroatoms. The Bertz CT molecular complexity index is 313. The molecule has 0 radical (unpaired) electrons. The van der Waals surface area contributed by atoms with Crippen molar-refractivity contribution in [2.75, 3.05) is 7.05 Å². The van der Waals surface area contributed by atoms with Crippen LogP contribution in [0.25, 0.3) is 0 Å². The van der Waals surface area contributed by atoms with E-state index < -0.39 is 0 Å². The lowest BCUT2D eigenvalue weighted by Crippen LogP contribution is -2.27. The van der Waals surface area contributed by atoms with E-state index >= 15 is 0 Å². The number of likely N-dealkylation sites (N-methyl/N-ethyl adjacent to an activating group) is 1. The van der Waals surface area contributed by atoms with Crippen LogP contribution in [0.2, 0.25) is 0 Å². The summed E-state index contributed by atoms with van der Waals surface area (Å²) in [6.07, 6.45) is 6.44. The topological polar surface area (TPSA) is 12.0 Å². The van der Waals surface area contributed by atoms with E-state index in [2.05, 4.69) is 57.4 Å². The van der Waals surface area contributed by atoms with E-state index in [-0.39, 0.29) is 0 Å². The van der Waals surface area contributed by atoms with Crippen molar-refractivity contribution in [3.05, 3.63) is 35.4 Å². The van der Waals surface area contributed by atoms with Gasteiger partial charge in [-0.25, -0.2) is 0 Å². The molecule has 0 aromatic heterocycles. The molecule has 102 valence electrons. The SMILES string of the molecule is CCCCCC(Cc1ccc(C(C)C)cc1)NC. The maximum atomic E-state index is 3.45. The second kappa shape index (κ2) is 8.31. The van der Waals surface area contributed by atoms with E-state index in [1.165, 1.54) is 36.8 Å². The molecule has 0 fully saturated rings. The molecule has 1 nitrogen and oxygen atoms in total. The highest BCUT2D eigenvalue weighted by molar-refractivity contribution is 5.25. The summed E-state index contributed by atoms with van der Waals surface area (Å²) in [7, 11) is 2.08. The van der Waals surface area contributed by atoms with E-state index in [9.17, 15) is 0 Å². The van der Waals surface area contributed by atoms with Crippen LogP contribution in [0.4, 0.5) is 0 Å². The molecule has 0 heterocycles. The van der Waals surface area contributed by atoms with Crippen LogP contribution in [0, 0.1) is 0 Å². The predicted octanol–water partition coefficient (Wildman–Crippen LogP) is 4.52. The summed E-state index contributed by atoms with van der Waals surface area (Å²) in [5.74, 6) is 0.628. The first-order valence-electron chi connectivity index (χ1n) is 7.43. The van der Waals surface area contributed by atoms with Crippen LogP contribution < -0.4 is 5.32 Å². The molecule has 1 unspecified atom stereocenters. The molecule has 18 heavy (non-hydrogen) atoms. The van der Waals surface area contributed by atoms with Gasteiger partial charge in [0.25, 0.3) is 0 Å². The normalized spacial score (nSPS) is 12.9. The first-order valence-corrected chi connectivity index (χ1v) is 7.43. The fourth-order valence-electron chi connectivity index (χ4n) is 2.31. The largest absolute Gasteiger partial charge is 0.317 e. The molecule has 1 atom stereocenters. The van der Waals surface area contributed by atoms with E-state index in [1.807, 2.05) is 0 Å². The van der Waals surface area contributed by atoms with Gasteiger partial charge in [0.2, 0.25) is 0 Å². The predicted molar refractivity (Wildman–Crippen MR) is 81.2 cm³/mol. The van der Waals surface area contributed by atoms with Crippen LogP contribution in [0.1, 0.15) is 63.5 Å². The molecule has 0 saturated carbocycles. The smallest absolute Gasteiger partial charge is 0.0104 e. The molecule has 0 amide bonds. The number of benzene rings is 1. The standard InChI is InChI=1S/C17H29N/c1-5-6-7-8-17(18-4)13-15-9-11-16(12-10-15)14(2)3/h9-12,14,17-18H,5-8,13H2,1-4H3. The second-order valence-electron chi connectivity index (χ2n) is 5.58. The molecule has 0 spiro atoms. The molecule has 1 aromatic rings. The van der Waals surface area contributed by atoms with Crippen molar-refractivity contribution >= 4 is 0 Å². The number of hydrogen-bond donors (Lipinski definition) is 1. The van der Waals surface area contributed by atoms with Crippen molar-refractivity contribution in [1.29, 1.82) is 0 Å². The van der Waals surface area contributed by atoms with Crippen molar-refractivity contribution in [3.63, 3.8) is 0 Å². The molecule has 1 rings (SSSR count). The van der Waals surface area contributed by atoms with Crippen molar-refractivity contribution in [1.82, 2.24) is 5.32 Å². The molecule has 1 aromatic carbocycles. The summed E-state index contributed by atoms with van der Waals surface area (Å²) >= 11 is 0. The Morgan fingerprint density at radius 3 is 2.22 bits per heavy atom. The van der Waals surface area contributed by atoms with E-state index in [0.29, 0.717) is 12.0 Å². The average Bonchev–Trinajstić information content (AvgIpc) is 2.38. The molecular weight excluding hydrogens is 218 g/mol. The Morgan fingerprint density at radius 2 is 1.72 bits per heavy atom. The van der Waals surface area contributed by atoms with Crippen molar-refractivity contribution in [3.8, 4) is 0 Å². The number of rotatable bonds is 8. The van der Waals surface area contributed by atoms with Gasteiger partial charge >= 0.3 is 0 Å². The molecule has 0 aliphatic heterocycles. The van der Waals surface area contributed by atoms with E-state index in [1.54, 1.807) is 0 Å². The van der Waals surface area contributed by atoms with Crippen LogP contribution in [0.3, 0.4) is 0 Å². The van der Waals surface area contributed by atoms with Crippen LogP contribution >= 0.6 is 0 Å². The molecule has 0 aliphatic rings. The summed E-state index contributed by atoms with van der Waals surface area (Å²) in [4.78, 5) is 0. The van der Waals surface area contributed by atoms with Gasteiger partial charge < -0.3 is 5.32 Å². The van der Waals surface area contributed by atoms with Crippen molar-refractivity contribution < 1.29 is 0 Å². The quantitative estimate of drug-likeness (QED) is 0.666. The Labute approximate surface area is 113 Å². The lowest BCUT2D eigenvalue weighted by atomic mass is 9.97. The Kier molecular flexibility index (Phi) is 7.04. The first kappa shape index (κ1) is 15.2. The maximum Gasteiger partial charge on any atom is 0.0104 e. The zero-order valence-electron chi connectivity index (χ0n) is 12.5. The second-order valence-corrected chi connectivity index (χ2v) is 5.58. The van der Waals surface area contributed by atoms with Gasteiger partial charge in [-0.3, -0.25) is 0 Å². The fourth-order valence-corrected chi connectivity index (χ4v) is 2.31. The lowest BCUT2D eigenvalue weighted by Gasteiger charge is -2.16. The van der Waals surface area contributed by atoms with Gasteiger partial charge in [0, 0.05) is 6.04 Å². The minimum Gasteiger partial charge on any atom is -0.317 e. The van der Waals surface area contributed by atoms with Gasteiger partial charge in [-0.2, -0.15) is 0 Å². The molecule has 0 aliphatic carbocycles. The molecule has 1 N–H and O–H groups in total. The van der Waals surface area contributed by atoms with Crippen LogP contribution in [0.5, 0.6) is 0 Å². The Morgan fingerprint density at radius 1 is 1.06 bits per heavy atom. The highest BCUT2D eigenvalue weighted by Gasteiger charge is 2.07. The van der Waals surface area contributed by atoms with E-state index in [0.717, 1.165) is 6.42 Å². The van der Waals surface area contributed by atoms with Gasteiger partial charge in [-0.1, -0.05) is 64.3 Å². The van der Waals surface area contributed by atoms with E-state index in [4.69, 9.17) is 0 Å². The van der Waals surface area contributed by atoms with Gasteiger partial charge in [0.15, 0.2) is 0 Å². The third kappa shape index (κ3) is 5.22. The minimum absolute atomic E-state index is 0.626. The van der Waals surface area contributed by atoms with Crippen molar-refractivity contribution in [2.24, 2.45) is 0 Å². The van der Waals surface area contributed by atoms with Crippen molar-refractivity contribution in [2.45, 2.75) is 64.8 Å². The van der Waals surface area contributed by atoms with Gasteiger partial charge in [-0.05, 0) is 36.9 Å². The lowest BCUT2D eigenvalue weighted by molar-refractivity contribution is 0.490. The summed E-state index contributed by atoms with van der Waals surface area (Å²) < 4.78 is 0. The molecular formula is C17H29N. The highest BCUT2D eigenvalue weighted by Crippen LogP contribution is 2.16. The summed E-state index contributed by atoms with van der Waals surface area (Å²) in [6.45, 7) is 6.76. The van der Waals surface area contributed by atoms with Gasteiger partial charge in [-0.15, -0.1) is 0 Å². The maximum absolute atomic E-state index is 3.45. The van der Waals surface area contributed by atoms with Crippen LogP contribution in [0.15, 0.2) is 24.3 Å². The summed E-state index contributed by atoms with van der Waals surface area (Å²) in [6, 6.07) is 9.76. The Hall–Kier alpha value is -0.820. The van der Waals surface area contributed by atoms with Crippen LogP contribution in [-0.4, -0.2) is 13.1 Å². The molecule has 0 bridgehead atoms. The summed E-state index contributed by atoms with van der Waals surface area (Å²) in [5, 5.41) is 3.45. The number of nitrogens with one attached hydrogen (secondary N) is 1. The zero-order valence-corrected chi connectivity index (χ0v) is 12.5. The zero-order chi connectivity index (χ0) is 13.4. The highest BCUT2D eigenvalue weighted by atomic mass is 14.9. The minimum atomic E-state index is 0.626. The first-order chi connectivity index (χ1) is 8.67.